The molecule has 0 aliphatic rings. The third-order valence-corrected chi connectivity index (χ3v) is 3.63. The van der Waals surface area contributed by atoms with Crippen LogP contribution in [-0.2, 0) is 4.79 Å². The average Bonchev–Trinajstić information content (AvgIpc) is 2.25. The maximum Gasteiger partial charge on any atom is 0.310 e. The highest BCUT2D eigenvalue weighted by atomic mass is 16.4. The van der Waals surface area contributed by atoms with Crippen LogP contribution in [0.2, 0.25) is 0 Å². The average molecular weight is 271 g/mol. The van der Waals surface area contributed by atoms with Gasteiger partial charge in [-0.15, -0.1) is 0 Å². The first-order chi connectivity index (χ1) is 8.61. The quantitative estimate of drug-likeness (QED) is 0.617. The molecule has 19 heavy (non-hydrogen) atoms. The van der Waals surface area contributed by atoms with Crippen LogP contribution in [0.4, 0.5) is 0 Å². The molecule has 0 aromatic rings. The van der Waals surface area contributed by atoms with E-state index in [4.69, 9.17) is 0 Å². The molecule has 0 rings (SSSR count). The normalized spacial score (nSPS) is 14.4. The summed E-state index contributed by atoms with van der Waals surface area (Å²) in [7, 11) is 0. The van der Waals surface area contributed by atoms with E-state index in [1.165, 1.54) is 25.7 Å². The number of carbonyl (C=O) groups is 1. The summed E-state index contributed by atoms with van der Waals surface area (Å²) in [5, 5.41) is 12.9. The number of rotatable bonds is 9. The standard InChI is InChI=1S/C16H33NO2/c1-7-8-9-10-11-12-13(17-15(2,3)4)16(5,6)14(18)19/h13,17H,7-12H2,1-6H3,(H,18,19). The molecule has 114 valence electrons. The molecule has 3 nitrogen and oxygen atoms in total. The van der Waals surface area contributed by atoms with Crippen LogP contribution < -0.4 is 5.32 Å². The van der Waals surface area contributed by atoms with Crippen molar-refractivity contribution in [2.45, 2.75) is 91.6 Å². The molecule has 0 saturated heterocycles. The van der Waals surface area contributed by atoms with Crippen LogP contribution >= 0.6 is 0 Å². The highest BCUT2D eigenvalue weighted by molar-refractivity contribution is 5.74. The highest BCUT2D eigenvalue weighted by Crippen LogP contribution is 2.27. The van der Waals surface area contributed by atoms with Crippen molar-refractivity contribution in [1.82, 2.24) is 5.32 Å². The van der Waals surface area contributed by atoms with Crippen LogP contribution in [0.1, 0.15) is 80.1 Å². The van der Waals surface area contributed by atoms with E-state index in [-0.39, 0.29) is 11.6 Å². The van der Waals surface area contributed by atoms with Gasteiger partial charge in [0.1, 0.15) is 0 Å². The summed E-state index contributed by atoms with van der Waals surface area (Å²) in [5.41, 5.74) is -0.779. The van der Waals surface area contributed by atoms with E-state index in [1.807, 2.05) is 13.8 Å². The van der Waals surface area contributed by atoms with Crippen LogP contribution in [0.3, 0.4) is 0 Å². The fraction of sp³-hybridized carbons (Fsp3) is 0.938. The minimum absolute atomic E-state index is 0.0200. The lowest BCUT2D eigenvalue weighted by atomic mass is 9.80. The minimum atomic E-state index is -0.724. The third-order valence-electron chi connectivity index (χ3n) is 3.63. The molecule has 0 amide bonds. The Morgan fingerprint density at radius 3 is 2.00 bits per heavy atom. The summed E-state index contributed by atoms with van der Waals surface area (Å²) >= 11 is 0. The number of carboxylic acids is 1. The Morgan fingerprint density at radius 2 is 1.58 bits per heavy atom. The number of unbranched alkanes of at least 4 members (excludes halogenated alkanes) is 4. The van der Waals surface area contributed by atoms with Crippen molar-refractivity contribution in [3.05, 3.63) is 0 Å². The van der Waals surface area contributed by atoms with Gasteiger partial charge in [0, 0.05) is 11.6 Å². The summed E-state index contributed by atoms with van der Waals surface area (Å²) in [4.78, 5) is 11.4. The SMILES string of the molecule is CCCCCCCC(NC(C)(C)C)C(C)(C)C(=O)O. The zero-order chi connectivity index (χ0) is 15.1. The van der Waals surface area contributed by atoms with Gasteiger partial charge in [0.2, 0.25) is 0 Å². The summed E-state index contributed by atoms with van der Waals surface area (Å²) in [5.74, 6) is -0.720. The molecule has 0 heterocycles. The molecule has 1 unspecified atom stereocenters. The Hall–Kier alpha value is -0.570. The van der Waals surface area contributed by atoms with Gasteiger partial charge in [0.05, 0.1) is 5.41 Å². The van der Waals surface area contributed by atoms with Gasteiger partial charge in [-0.25, -0.2) is 0 Å². The number of aliphatic carboxylic acids is 1. The van der Waals surface area contributed by atoms with E-state index < -0.39 is 11.4 Å². The Labute approximate surface area is 119 Å². The first kappa shape index (κ1) is 18.4. The van der Waals surface area contributed by atoms with E-state index >= 15 is 0 Å². The van der Waals surface area contributed by atoms with Crippen molar-refractivity contribution < 1.29 is 9.90 Å². The maximum atomic E-state index is 11.4. The second-order valence-electron chi connectivity index (χ2n) is 7.18. The first-order valence-electron chi connectivity index (χ1n) is 7.62. The highest BCUT2D eigenvalue weighted by Gasteiger charge is 2.37. The van der Waals surface area contributed by atoms with Crippen LogP contribution in [0.15, 0.2) is 0 Å². The summed E-state index contributed by atoms with van der Waals surface area (Å²) in [6, 6.07) is 0.0200. The smallest absolute Gasteiger partial charge is 0.310 e. The van der Waals surface area contributed by atoms with Crippen LogP contribution in [0, 0.1) is 5.41 Å². The number of nitrogens with one attached hydrogen (secondary N) is 1. The topological polar surface area (TPSA) is 49.3 Å². The molecule has 0 bridgehead atoms. The molecule has 2 N–H and O–H groups in total. The molecular weight excluding hydrogens is 238 g/mol. The zero-order valence-corrected chi connectivity index (χ0v) is 13.7. The molecule has 0 saturated carbocycles. The van der Waals surface area contributed by atoms with Crippen molar-refractivity contribution in [3.8, 4) is 0 Å². The second kappa shape index (κ2) is 7.88. The maximum absolute atomic E-state index is 11.4. The number of carboxylic acid groups (broad SMARTS) is 1. The fourth-order valence-corrected chi connectivity index (χ4v) is 2.24. The van der Waals surface area contributed by atoms with E-state index in [2.05, 4.69) is 33.0 Å². The van der Waals surface area contributed by atoms with E-state index in [9.17, 15) is 9.90 Å². The largest absolute Gasteiger partial charge is 0.481 e. The van der Waals surface area contributed by atoms with Crippen molar-refractivity contribution in [1.29, 1.82) is 0 Å². The van der Waals surface area contributed by atoms with Crippen molar-refractivity contribution in [2.24, 2.45) is 5.41 Å². The molecule has 0 aromatic carbocycles. The Morgan fingerprint density at radius 1 is 1.05 bits per heavy atom. The van der Waals surface area contributed by atoms with Crippen molar-refractivity contribution >= 4 is 5.97 Å². The van der Waals surface area contributed by atoms with Crippen LogP contribution in [0.25, 0.3) is 0 Å². The summed E-state index contributed by atoms with van der Waals surface area (Å²) in [6.45, 7) is 12.1. The first-order valence-corrected chi connectivity index (χ1v) is 7.62. The second-order valence-corrected chi connectivity index (χ2v) is 7.18. The van der Waals surface area contributed by atoms with Crippen molar-refractivity contribution in [2.75, 3.05) is 0 Å². The lowest BCUT2D eigenvalue weighted by molar-refractivity contribution is -0.149. The predicted octanol–water partition coefficient (Wildman–Crippen LogP) is 4.21. The van der Waals surface area contributed by atoms with Gasteiger partial charge in [-0.3, -0.25) is 4.79 Å². The molecule has 0 fully saturated rings. The predicted molar refractivity (Wildman–Crippen MR) is 81.5 cm³/mol. The molecule has 0 aliphatic carbocycles. The van der Waals surface area contributed by atoms with Gasteiger partial charge < -0.3 is 10.4 Å². The van der Waals surface area contributed by atoms with Gasteiger partial charge >= 0.3 is 5.97 Å². The number of hydrogen-bond donors (Lipinski definition) is 2. The Kier molecular flexibility index (Phi) is 7.65. The lowest BCUT2D eigenvalue weighted by Crippen LogP contribution is -2.53. The number of hydrogen-bond acceptors (Lipinski definition) is 2. The van der Waals surface area contributed by atoms with Gasteiger partial charge in [-0.05, 0) is 41.0 Å². The van der Waals surface area contributed by atoms with Gasteiger partial charge in [0.25, 0.3) is 0 Å². The molecule has 0 radical (unpaired) electrons. The molecule has 1 atom stereocenters. The van der Waals surface area contributed by atoms with Gasteiger partial charge in [-0.2, -0.15) is 0 Å². The van der Waals surface area contributed by atoms with Crippen LogP contribution in [-0.4, -0.2) is 22.7 Å². The van der Waals surface area contributed by atoms with E-state index in [0.717, 1.165) is 12.8 Å². The third kappa shape index (κ3) is 7.56. The van der Waals surface area contributed by atoms with Crippen LogP contribution in [0.5, 0.6) is 0 Å². The molecule has 0 aromatic heterocycles. The van der Waals surface area contributed by atoms with E-state index in [0.29, 0.717) is 0 Å². The zero-order valence-electron chi connectivity index (χ0n) is 13.7. The molecular formula is C16H33NO2. The fourth-order valence-electron chi connectivity index (χ4n) is 2.24. The molecule has 3 heteroatoms. The summed E-state index contributed by atoms with van der Waals surface area (Å²) in [6.07, 6.45) is 7.01. The monoisotopic (exact) mass is 271 g/mol. The Bertz CT molecular complexity index is 266. The molecule has 0 spiro atoms. The minimum Gasteiger partial charge on any atom is -0.481 e. The van der Waals surface area contributed by atoms with E-state index in [1.54, 1.807) is 0 Å². The van der Waals surface area contributed by atoms with Gasteiger partial charge in [-0.1, -0.05) is 39.0 Å². The summed E-state index contributed by atoms with van der Waals surface area (Å²) < 4.78 is 0. The molecule has 0 aliphatic heterocycles. The Balaban J connectivity index is 4.48. The van der Waals surface area contributed by atoms with Gasteiger partial charge in [0.15, 0.2) is 0 Å². The van der Waals surface area contributed by atoms with Crippen molar-refractivity contribution in [3.63, 3.8) is 0 Å². The lowest BCUT2D eigenvalue weighted by Gasteiger charge is -2.37.